The summed E-state index contributed by atoms with van der Waals surface area (Å²) in [6.45, 7) is 7.85. The average Bonchev–Trinajstić information content (AvgIpc) is 3.34. The number of urea groups is 1. The van der Waals surface area contributed by atoms with Crippen LogP contribution in [0.5, 0.6) is 0 Å². The molecule has 152 valence electrons. The summed E-state index contributed by atoms with van der Waals surface area (Å²) >= 11 is 4.10. The van der Waals surface area contributed by atoms with Crippen molar-refractivity contribution in [1.29, 1.82) is 0 Å². The number of imide groups is 1. The standard InChI is InChI=1S/C19H20N4O3S3/c1-4-8-23-17(25)14-12(13-7-6-9-27-13)10-28-16(14)22-19(23)29-11(3)15(24)21-18(26)20-5-2/h4,6-7,9-11H,1,5,8H2,2-3H3,(H2,20,21,24,26)/t11-/m1/s1. The summed E-state index contributed by atoms with van der Waals surface area (Å²) in [7, 11) is 0. The highest BCUT2D eigenvalue weighted by Gasteiger charge is 2.22. The molecule has 3 aromatic rings. The number of hydrogen-bond acceptors (Lipinski definition) is 7. The van der Waals surface area contributed by atoms with Gasteiger partial charge in [0.1, 0.15) is 4.83 Å². The van der Waals surface area contributed by atoms with Gasteiger partial charge < -0.3 is 5.32 Å². The van der Waals surface area contributed by atoms with Crippen LogP contribution in [0.1, 0.15) is 13.8 Å². The Morgan fingerprint density at radius 3 is 2.86 bits per heavy atom. The van der Waals surface area contributed by atoms with E-state index in [1.54, 1.807) is 31.3 Å². The Kier molecular flexibility index (Phi) is 6.88. The van der Waals surface area contributed by atoms with Gasteiger partial charge >= 0.3 is 6.03 Å². The van der Waals surface area contributed by atoms with E-state index in [2.05, 4.69) is 22.2 Å². The third-order valence-electron chi connectivity index (χ3n) is 3.98. The number of amides is 3. The summed E-state index contributed by atoms with van der Waals surface area (Å²) < 4.78 is 1.51. The Bertz CT molecular complexity index is 1100. The number of thiophene rings is 2. The molecule has 0 saturated carbocycles. The van der Waals surface area contributed by atoms with Gasteiger partial charge in [-0.1, -0.05) is 23.9 Å². The number of fused-ring (bicyclic) bond motifs is 1. The highest BCUT2D eigenvalue weighted by atomic mass is 32.2. The molecule has 3 aromatic heterocycles. The lowest BCUT2D eigenvalue weighted by Gasteiger charge is -2.14. The van der Waals surface area contributed by atoms with Gasteiger partial charge in [-0.15, -0.1) is 29.3 Å². The molecule has 0 unspecified atom stereocenters. The van der Waals surface area contributed by atoms with Crippen molar-refractivity contribution < 1.29 is 9.59 Å². The number of nitrogens with zero attached hydrogens (tertiary/aromatic N) is 2. The molecule has 0 saturated heterocycles. The van der Waals surface area contributed by atoms with Crippen molar-refractivity contribution >= 4 is 56.6 Å². The van der Waals surface area contributed by atoms with Crippen molar-refractivity contribution in [3.05, 3.63) is 45.9 Å². The first-order chi connectivity index (χ1) is 14.0. The van der Waals surface area contributed by atoms with E-state index in [0.717, 1.165) is 22.2 Å². The van der Waals surface area contributed by atoms with E-state index in [0.29, 0.717) is 21.9 Å². The fourth-order valence-electron chi connectivity index (χ4n) is 2.63. The van der Waals surface area contributed by atoms with Crippen molar-refractivity contribution in [2.75, 3.05) is 6.54 Å². The van der Waals surface area contributed by atoms with Gasteiger partial charge in [-0.3, -0.25) is 19.5 Å². The molecule has 0 spiro atoms. The Labute approximate surface area is 179 Å². The van der Waals surface area contributed by atoms with Gasteiger partial charge in [0.25, 0.3) is 5.56 Å². The molecular weight excluding hydrogens is 428 g/mol. The second-order valence-corrected chi connectivity index (χ2v) is 9.13. The van der Waals surface area contributed by atoms with E-state index in [-0.39, 0.29) is 12.1 Å². The van der Waals surface area contributed by atoms with Crippen LogP contribution < -0.4 is 16.2 Å². The zero-order valence-corrected chi connectivity index (χ0v) is 18.4. The predicted molar refractivity (Wildman–Crippen MR) is 120 cm³/mol. The van der Waals surface area contributed by atoms with Gasteiger partial charge in [-0.2, -0.15) is 0 Å². The number of allylic oxidation sites excluding steroid dienone is 1. The largest absolute Gasteiger partial charge is 0.338 e. The summed E-state index contributed by atoms with van der Waals surface area (Å²) in [4.78, 5) is 43.4. The average molecular weight is 449 g/mol. The molecule has 0 aromatic carbocycles. The molecular formula is C19H20N4O3S3. The Hall–Kier alpha value is -2.43. The van der Waals surface area contributed by atoms with Crippen LogP contribution in [0.25, 0.3) is 20.7 Å². The lowest BCUT2D eigenvalue weighted by Crippen LogP contribution is -2.42. The minimum atomic E-state index is -0.616. The van der Waals surface area contributed by atoms with E-state index < -0.39 is 17.2 Å². The van der Waals surface area contributed by atoms with Crippen molar-refractivity contribution in [3.8, 4) is 10.4 Å². The van der Waals surface area contributed by atoms with Gasteiger partial charge in [0.15, 0.2) is 5.16 Å². The highest BCUT2D eigenvalue weighted by Crippen LogP contribution is 2.35. The first kappa shape index (κ1) is 21.3. The molecule has 0 radical (unpaired) electrons. The first-order valence-electron chi connectivity index (χ1n) is 8.88. The quantitative estimate of drug-likeness (QED) is 0.327. The van der Waals surface area contributed by atoms with Crippen molar-refractivity contribution in [2.24, 2.45) is 0 Å². The fraction of sp³-hybridized carbons (Fsp3) is 0.263. The van der Waals surface area contributed by atoms with Crippen molar-refractivity contribution in [2.45, 2.75) is 30.8 Å². The molecule has 7 nitrogen and oxygen atoms in total. The van der Waals surface area contributed by atoms with Crippen LogP contribution in [0.2, 0.25) is 0 Å². The number of carbonyl (C=O) groups excluding carboxylic acids is 2. The fourth-order valence-corrected chi connectivity index (χ4v) is 5.35. The zero-order chi connectivity index (χ0) is 21.0. The van der Waals surface area contributed by atoms with E-state index in [9.17, 15) is 14.4 Å². The zero-order valence-electron chi connectivity index (χ0n) is 15.9. The number of hydrogen-bond donors (Lipinski definition) is 2. The molecule has 3 rings (SSSR count). The highest BCUT2D eigenvalue weighted by molar-refractivity contribution is 8.00. The van der Waals surface area contributed by atoms with Gasteiger partial charge in [0.05, 0.1) is 10.6 Å². The maximum absolute atomic E-state index is 13.2. The van der Waals surface area contributed by atoms with Gasteiger partial charge in [-0.05, 0) is 25.3 Å². The lowest BCUT2D eigenvalue weighted by molar-refractivity contribution is -0.119. The summed E-state index contributed by atoms with van der Waals surface area (Å²) in [5.74, 6) is -0.453. The van der Waals surface area contributed by atoms with Crippen LogP contribution in [0.4, 0.5) is 4.79 Å². The molecule has 2 N–H and O–H groups in total. The Balaban J connectivity index is 1.97. The van der Waals surface area contributed by atoms with Crippen molar-refractivity contribution in [3.63, 3.8) is 0 Å². The molecule has 10 heteroatoms. The molecule has 0 fully saturated rings. The molecule has 1 atom stereocenters. The predicted octanol–water partition coefficient (Wildman–Crippen LogP) is 3.70. The molecule has 0 aliphatic carbocycles. The van der Waals surface area contributed by atoms with Crippen LogP contribution >= 0.6 is 34.4 Å². The third-order valence-corrected chi connectivity index (χ3v) is 6.85. The second-order valence-electron chi connectivity index (χ2n) is 6.01. The summed E-state index contributed by atoms with van der Waals surface area (Å²) in [5, 5.41) is 9.07. The van der Waals surface area contributed by atoms with Gasteiger partial charge in [0, 0.05) is 28.9 Å². The van der Waals surface area contributed by atoms with Crippen molar-refractivity contribution in [1.82, 2.24) is 20.2 Å². The third kappa shape index (κ3) is 4.60. The molecule has 29 heavy (non-hydrogen) atoms. The minimum Gasteiger partial charge on any atom is -0.338 e. The molecule has 0 bridgehead atoms. The molecule has 0 aliphatic heterocycles. The number of aromatic nitrogens is 2. The van der Waals surface area contributed by atoms with Crippen LogP contribution in [0, 0.1) is 0 Å². The Morgan fingerprint density at radius 2 is 2.21 bits per heavy atom. The summed E-state index contributed by atoms with van der Waals surface area (Å²) in [6, 6.07) is 3.37. The smallest absolute Gasteiger partial charge is 0.321 e. The molecule has 3 heterocycles. The van der Waals surface area contributed by atoms with E-state index >= 15 is 0 Å². The summed E-state index contributed by atoms with van der Waals surface area (Å²) in [6.07, 6.45) is 1.62. The maximum Gasteiger partial charge on any atom is 0.321 e. The number of thioether (sulfide) groups is 1. The normalized spacial score (nSPS) is 11.9. The van der Waals surface area contributed by atoms with Crippen LogP contribution in [-0.2, 0) is 11.3 Å². The van der Waals surface area contributed by atoms with E-state index in [1.165, 1.54) is 15.9 Å². The van der Waals surface area contributed by atoms with Gasteiger partial charge in [0.2, 0.25) is 5.91 Å². The first-order valence-corrected chi connectivity index (χ1v) is 11.5. The van der Waals surface area contributed by atoms with Crippen LogP contribution in [0.3, 0.4) is 0 Å². The van der Waals surface area contributed by atoms with Crippen LogP contribution in [0.15, 0.2) is 45.5 Å². The van der Waals surface area contributed by atoms with E-state index in [1.807, 2.05) is 22.9 Å². The number of rotatable bonds is 7. The van der Waals surface area contributed by atoms with E-state index in [4.69, 9.17) is 0 Å². The Morgan fingerprint density at radius 1 is 1.41 bits per heavy atom. The molecule has 0 aliphatic rings. The lowest BCUT2D eigenvalue weighted by atomic mass is 10.2. The monoisotopic (exact) mass is 448 g/mol. The SMILES string of the molecule is C=CCn1c(S[C@H](C)C(=O)NC(=O)NCC)nc2scc(-c3cccs3)c2c1=O. The number of carbonyl (C=O) groups is 2. The topological polar surface area (TPSA) is 93.1 Å². The molecule has 3 amide bonds. The minimum absolute atomic E-state index is 0.168. The second kappa shape index (κ2) is 9.38. The van der Waals surface area contributed by atoms with Gasteiger partial charge in [-0.25, -0.2) is 9.78 Å². The van der Waals surface area contributed by atoms with Crippen LogP contribution in [-0.4, -0.2) is 33.3 Å². The summed E-state index contributed by atoms with van der Waals surface area (Å²) in [5.41, 5.74) is 0.701. The maximum atomic E-state index is 13.2. The number of nitrogens with one attached hydrogen (secondary N) is 2.